The van der Waals surface area contributed by atoms with E-state index in [4.69, 9.17) is 53.1 Å². The minimum Gasteiger partial charge on any atom is -0.392 e. The fourth-order valence-corrected chi connectivity index (χ4v) is 36.2. The third kappa shape index (κ3) is 64.1. The Morgan fingerprint density at radius 2 is 0.314 bits per heavy atom. The molecule has 0 aromatic carbocycles. The van der Waals surface area contributed by atoms with Crippen LogP contribution in [0, 0.1) is 0 Å². The van der Waals surface area contributed by atoms with Gasteiger partial charge in [-0.2, -0.15) is 0 Å². The van der Waals surface area contributed by atoms with Crippen LogP contribution in [0.25, 0.3) is 0 Å². The zero-order valence-corrected chi connectivity index (χ0v) is 88.1. The van der Waals surface area contributed by atoms with E-state index in [0.29, 0.717) is 26.4 Å². The molecular weight excluding hydrogens is 1520 g/mol. The quantitative estimate of drug-likeness (QED) is 0.0427. The van der Waals surface area contributed by atoms with E-state index in [-0.39, 0.29) is 119 Å². The van der Waals surface area contributed by atoms with Gasteiger partial charge in [-0.3, -0.25) is 0 Å². The number of hydrogen-bond acceptors (Lipinski definition) is 12. The first-order chi connectivity index (χ1) is 49.3. The first kappa shape index (κ1) is 107. The normalized spacial score (nSPS) is 17.9. The van der Waals surface area contributed by atoms with Crippen molar-refractivity contribution in [3.63, 3.8) is 0 Å². The van der Waals surface area contributed by atoms with Crippen molar-refractivity contribution in [3.05, 3.63) is 0 Å². The van der Waals surface area contributed by atoms with Crippen LogP contribution in [0.1, 0.15) is 235 Å². The van der Waals surface area contributed by atoms with Gasteiger partial charge >= 0.3 is 43.3 Å². The van der Waals surface area contributed by atoms with Gasteiger partial charge in [0.05, 0.1) is 0 Å². The van der Waals surface area contributed by atoms with Crippen LogP contribution in [0.2, 0.25) is 203 Å². The highest BCUT2D eigenvalue weighted by Gasteiger charge is 2.48. The molecule has 0 rings (SSSR count). The Labute approximate surface area is 675 Å². The standard InChI is InChI=1S/C80H180O12Si13/c1-73(49-29-37-61-93(9)10)85-101(25,86-74(2)50-30-38-62-94(11)12)69-45-57-81-105(82-58-46-70-102(26,87-75(3)51-31-39-63-95(13)14)88-76(4)52-32-40-64-96(15)16,83-59-47-71-103(27,89-77(5)53-33-41-65-97(17)18)90-78(6)54-34-42-66-98(19)20)84-60-48-72-104(28,91-79(7)55-35-43-67-99(21)22)92-80(8)56-36-44-68-100(23)24/h73-80H,29-72H2,1-28H3. The molecule has 0 aromatic heterocycles. The summed E-state index contributed by atoms with van der Waals surface area (Å²) in [5, 5.41) is 0. The molecule has 0 spiro atoms. The van der Waals surface area contributed by atoms with Crippen LogP contribution < -0.4 is 0 Å². The molecule has 0 saturated carbocycles. The lowest BCUT2D eigenvalue weighted by Crippen LogP contribution is -2.51. The number of unbranched alkanes of at least 4 members (excludes halogenated alkanes) is 8. The summed E-state index contributed by atoms with van der Waals surface area (Å²) in [6, 6.07) is 14.1. The van der Waals surface area contributed by atoms with Crippen molar-refractivity contribution in [2.24, 2.45) is 0 Å². The second-order valence-corrected chi connectivity index (χ2v) is 74.3. The van der Waals surface area contributed by atoms with Gasteiger partial charge < -0.3 is 53.1 Å². The maximum atomic E-state index is 7.40. The second kappa shape index (κ2) is 63.5. The summed E-state index contributed by atoms with van der Waals surface area (Å²) in [5.74, 6) is 0. The number of rotatable bonds is 76. The van der Waals surface area contributed by atoms with Gasteiger partial charge in [0, 0.05) is 146 Å². The molecule has 0 bridgehead atoms. The molecule has 0 aliphatic rings. The molecule has 0 aromatic rings. The van der Waals surface area contributed by atoms with Crippen molar-refractivity contribution in [3.8, 4) is 0 Å². The summed E-state index contributed by atoms with van der Waals surface area (Å²) in [4.78, 5) is 0. The van der Waals surface area contributed by atoms with Crippen LogP contribution >= 0.6 is 0 Å². The van der Waals surface area contributed by atoms with Crippen molar-refractivity contribution in [2.45, 2.75) is 487 Å². The Morgan fingerprint density at radius 1 is 0.190 bits per heavy atom. The van der Waals surface area contributed by atoms with E-state index in [9.17, 15) is 0 Å². The summed E-state index contributed by atoms with van der Waals surface area (Å²) in [6.45, 7) is 68.3. The zero-order chi connectivity index (χ0) is 79.3. The third-order valence-electron chi connectivity index (χ3n) is 20.1. The van der Waals surface area contributed by atoms with Gasteiger partial charge in [-0.1, -0.05) is 256 Å². The Balaban J connectivity index is 8.02. The predicted molar refractivity (Wildman–Crippen MR) is 487 cm³/mol. The SMILES string of the molecule is CC(CCCC[Si](C)C)O[Si](C)(CCCO[Si](OCCC[Si](C)(OC(C)CCCC[Si](C)C)OC(C)CCCC[Si](C)C)(OCCC[Si](C)(OC(C)CCCC[Si](C)C)OC(C)CCCC[Si](C)C)OCCC[Si](C)(OC(C)CCCC[Si](C)C)OC(C)CCCC[Si](C)C)OC(C)CCCC[Si](C)C. The van der Waals surface area contributed by atoms with Gasteiger partial charge in [-0.05, 0) is 183 Å². The molecule has 0 amide bonds. The van der Waals surface area contributed by atoms with Crippen molar-refractivity contribution >= 4 is 114 Å². The Hall–Kier alpha value is 2.34. The average Bonchev–Trinajstić information content (AvgIpc) is 0.839. The Morgan fingerprint density at radius 3 is 0.429 bits per heavy atom. The van der Waals surface area contributed by atoms with Crippen molar-refractivity contribution in [1.29, 1.82) is 0 Å². The number of hydrogen-bond donors (Lipinski definition) is 0. The molecule has 8 radical (unpaired) electrons. The van der Waals surface area contributed by atoms with Crippen molar-refractivity contribution in [2.75, 3.05) is 26.4 Å². The van der Waals surface area contributed by atoms with E-state index < -0.39 is 43.3 Å². The van der Waals surface area contributed by atoms with Crippen LogP contribution in [0.5, 0.6) is 0 Å². The molecule has 0 heterocycles. The lowest BCUT2D eigenvalue weighted by molar-refractivity contribution is -0.0366. The molecule has 0 saturated heterocycles. The zero-order valence-electron chi connectivity index (χ0n) is 75.1. The van der Waals surface area contributed by atoms with Gasteiger partial charge in [-0.25, -0.2) is 0 Å². The minimum atomic E-state index is -3.93. The largest absolute Gasteiger partial charge is 0.679 e. The van der Waals surface area contributed by atoms with Crippen LogP contribution in [-0.2, 0) is 53.1 Å². The fraction of sp³-hybridized carbons (Fsp3) is 1.00. The highest BCUT2D eigenvalue weighted by molar-refractivity contribution is 6.67. The average molecular weight is 1700 g/mol. The smallest absolute Gasteiger partial charge is 0.392 e. The van der Waals surface area contributed by atoms with E-state index in [1.54, 1.807) is 0 Å². The summed E-state index contributed by atoms with van der Waals surface area (Å²) < 4.78 is 87.6. The molecule has 8 unspecified atom stereocenters. The summed E-state index contributed by atoms with van der Waals surface area (Å²) >= 11 is 0. The van der Waals surface area contributed by atoms with E-state index in [1.807, 2.05) is 0 Å². The van der Waals surface area contributed by atoms with E-state index in [2.05, 4.69) is 186 Å². The van der Waals surface area contributed by atoms with Gasteiger partial charge in [0.25, 0.3) is 0 Å². The first-order valence-electron chi connectivity index (χ1n) is 43.6. The van der Waals surface area contributed by atoms with Gasteiger partial charge in [0.2, 0.25) is 0 Å². The topological polar surface area (TPSA) is 111 Å². The molecule has 25 heteroatoms. The Bertz CT molecular complexity index is 1610. The van der Waals surface area contributed by atoms with Crippen LogP contribution in [0.3, 0.4) is 0 Å². The predicted octanol–water partition coefficient (Wildman–Crippen LogP) is 26.0. The maximum Gasteiger partial charge on any atom is 0.679 e. The summed E-state index contributed by atoms with van der Waals surface area (Å²) in [5.41, 5.74) is 0. The molecule has 0 N–H and O–H groups in total. The fourth-order valence-electron chi connectivity index (χ4n) is 14.4. The molecule has 624 valence electrons. The van der Waals surface area contributed by atoms with Gasteiger partial charge in [-0.15, -0.1) is 0 Å². The van der Waals surface area contributed by atoms with Gasteiger partial charge in [0.15, 0.2) is 0 Å². The van der Waals surface area contributed by atoms with E-state index in [1.165, 1.54) is 151 Å². The Kier molecular flexibility index (Phi) is 64.9. The van der Waals surface area contributed by atoms with Crippen molar-refractivity contribution in [1.82, 2.24) is 0 Å². The lowest BCUT2D eigenvalue weighted by Gasteiger charge is -2.35. The minimum absolute atomic E-state index is 0.133. The highest BCUT2D eigenvalue weighted by atomic mass is 28.4. The lowest BCUT2D eigenvalue weighted by atomic mass is 10.2. The van der Waals surface area contributed by atoms with E-state index in [0.717, 1.165) is 101 Å². The molecule has 12 nitrogen and oxygen atoms in total. The third-order valence-corrected chi connectivity index (χ3v) is 45.4. The van der Waals surface area contributed by atoms with Crippen LogP contribution in [0.15, 0.2) is 0 Å². The van der Waals surface area contributed by atoms with Crippen molar-refractivity contribution < 1.29 is 53.1 Å². The maximum absolute atomic E-state index is 7.40. The molecule has 0 aliphatic heterocycles. The molecule has 8 atom stereocenters. The van der Waals surface area contributed by atoms with Gasteiger partial charge in [0.1, 0.15) is 0 Å². The molecule has 0 fully saturated rings. The highest BCUT2D eigenvalue weighted by Crippen LogP contribution is 2.32. The van der Waals surface area contributed by atoms with E-state index >= 15 is 0 Å². The monoisotopic (exact) mass is 1700 g/mol. The molecular formula is C80H180O12Si13. The first-order valence-corrected chi connectivity index (χ1v) is 77.0. The van der Waals surface area contributed by atoms with Crippen LogP contribution in [-0.4, -0.2) is 189 Å². The molecule has 105 heavy (non-hydrogen) atoms. The van der Waals surface area contributed by atoms with Crippen LogP contribution in [0.4, 0.5) is 0 Å². The second-order valence-electron chi connectivity index (χ2n) is 35.9. The molecule has 0 aliphatic carbocycles. The summed E-state index contributed by atoms with van der Waals surface area (Å²) in [6.07, 6.45) is 32.3. The summed E-state index contributed by atoms with van der Waals surface area (Å²) in [7, 11) is -16.8.